The number of esters is 1. The van der Waals surface area contributed by atoms with Crippen molar-refractivity contribution in [3.63, 3.8) is 0 Å². The maximum atomic E-state index is 10.9. The first-order chi connectivity index (χ1) is 5.22. The highest BCUT2D eigenvalue weighted by Gasteiger charge is 2.11. The summed E-state index contributed by atoms with van der Waals surface area (Å²) in [5, 5.41) is -0.396. The second-order valence-electron chi connectivity index (χ2n) is 1.96. The summed E-state index contributed by atoms with van der Waals surface area (Å²) in [6, 6.07) is 0. The fraction of sp³-hybridized carbons (Fsp3) is 0.375. The van der Waals surface area contributed by atoms with Gasteiger partial charge in [-0.2, -0.15) is 12.6 Å². The molecule has 0 saturated heterocycles. The van der Waals surface area contributed by atoms with Gasteiger partial charge in [-0.15, -0.1) is 6.58 Å². The molecule has 0 radical (unpaired) electrons. The van der Waals surface area contributed by atoms with Gasteiger partial charge in [0.2, 0.25) is 0 Å². The molecule has 1 unspecified atom stereocenters. The summed E-state index contributed by atoms with van der Waals surface area (Å²) in [5.41, 5.74) is 0. The Morgan fingerprint density at radius 3 is 2.64 bits per heavy atom. The van der Waals surface area contributed by atoms with Gasteiger partial charge in [0.05, 0.1) is 0 Å². The van der Waals surface area contributed by atoms with Crippen LogP contribution in [0.2, 0.25) is 0 Å². The third kappa shape index (κ3) is 4.67. The Bertz CT molecular complexity index is 154. The van der Waals surface area contributed by atoms with Gasteiger partial charge in [-0.05, 0) is 6.42 Å². The molecule has 0 aliphatic carbocycles. The second kappa shape index (κ2) is 6.04. The van der Waals surface area contributed by atoms with Crippen molar-refractivity contribution in [2.45, 2.75) is 11.7 Å². The van der Waals surface area contributed by atoms with Crippen molar-refractivity contribution in [1.29, 1.82) is 0 Å². The quantitative estimate of drug-likeness (QED) is 0.387. The van der Waals surface area contributed by atoms with E-state index in [9.17, 15) is 4.79 Å². The first-order valence-corrected chi connectivity index (χ1v) is 3.80. The first kappa shape index (κ1) is 10.3. The van der Waals surface area contributed by atoms with Crippen LogP contribution in [0.4, 0.5) is 0 Å². The maximum absolute atomic E-state index is 10.9. The lowest BCUT2D eigenvalue weighted by atomic mass is 10.3. The minimum Gasteiger partial charge on any atom is -0.461 e. The van der Waals surface area contributed by atoms with E-state index in [2.05, 4.69) is 25.8 Å². The molecule has 0 spiro atoms. The van der Waals surface area contributed by atoms with Gasteiger partial charge in [-0.3, -0.25) is 4.79 Å². The van der Waals surface area contributed by atoms with Crippen molar-refractivity contribution in [3.05, 3.63) is 25.3 Å². The van der Waals surface area contributed by atoms with E-state index in [1.54, 1.807) is 6.08 Å². The zero-order valence-electron chi connectivity index (χ0n) is 6.32. The molecule has 0 saturated carbocycles. The lowest BCUT2D eigenvalue weighted by Crippen LogP contribution is -2.17. The highest BCUT2D eigenvalue weighted by Crippen LogP contribution is 2.03. The number of thiol groups is 1. The number of allylic oxidation sites excluding steroid dienone is 1. The number of rotatable bonds is 5. The van der Waals surface area contributed by atoms with Gasteiger partial charge in [0.15, 0.2) is 0 Å². The SMILES string of the molecule is C=CCOC(=O)C(S)CC=C. The fourth-order valence-electron chi connectivity index (χ4n) is 0.491. The van der Waals surface area contributed by atoms with Crippen molar-refractivity contribution in [2.75, 3.05) is 6.61 Å². The van der Waals surface area contributed by atoms with Gasteiger partial charge in [0.25, 0.3) is 0 Å². The molecule has 1 atom stereocenters. The minimum absolute atomic E-state index is 0.243. The lowest BCUT2D eigenvalue weighted by Gasteiger charge is -2.05. The first-order valence-electron chi connectivity index (χ1n) is 3.29. The number of carbonyl (C=O) groups excluding carboxylic acids is 1. The Labute approximate surface area is 72.3 Å². The molecular formula is C8H12O2S. The zero-order chi connectivity index (χ0) is 8.69. The van der Waals surface area contributed by atoms with Gasteiger partial charge in [0, 0.05) is 0 Å². The number of carbonyl (C=O) groups is 1. The van der Waals surface area contributed by atoms with E-state index in [0.29, 0.717) is 6.42 Å². The number of hydrogen-bond acceptors (Lipinski definition) is 3. The van der Waals surface area contributed by atoms with Crippen LogP contribution in [0.15, 0.2) is 25.3 Å². The van der Waals surface area contributed by atoms with E-state index in [1.165, 1.54) is 6.08 Å². The van der Waals surface area contributed by atoms with E-state index in [0.717, 1.165) is 0 Å². The summed E-state index contributed by atoms with van der Waals surface area (Å²) in [7, 11) is 0. The van der Waals surface area contributed by atoms with Crippen molar-refractivity contribution in [3.8, 4) is 0 Å². The van der Waals surface area contributed by atoms with Gasteiger partial charge in [-0.25, -0.2) is 0 Å². The number of hydrogen-bond donors (Lipinski definition) is 1. The summed E-state index contributed by atoms with van der Waals surface area (Å²) in [5.74, 6) is -0.326. The van der Waals surface area contributed by atoms with Crippen LogP contribution < -0.4 is 0 Å². The Morgan fingerprint density at radius 2 is 2.18 bits per heavy atom. The van der Waals surface area contributed by atoms with Crippen molar-refractivity contribution in [2.24, 2.45) is 0 Å². The Balaban J connectivity index is 3.62. The van der Waals surface area contributed by atoms with E-state index >= 15 is 0 Å². The van der Waals surface area contributed by atoms with Crippen LogP contribution in [0.3, 0.4) is 0 Å². The summed E-state index contributed by atoms with van der Waals surface area (Å²) in [6.07, 6.45) is 3.68. The van der Waals surface area contributed by atoms with Gasteiger partial charge in [-0.1, -0.05) is 18.7 Å². The van der Waals surface area contributed by atoms with Gasteiger partial charge in [0.1, 0.15) is 11.9 Å². The lowest BCUT2D eigenvalue weighted by molar-refractivity contribution is -0.141. The summed E-state index contributed by atoms with van der Waals surface area (Å²) >= 11 is 4.00. The van der Waals surface area contributed by atoms with Crippen molar-refractivity contribution < 1.29 is 9.53 Å². The molecule has 0 N–H and O–H groups in total. The molecule has 0 rings (SSSR count). The van der Waals surface area contributed by atoms with Gasteiger partial charge < -0.3 is 4.74 Å². The minimum atomic E-state index is -0.396. The van der Waals surface area contributed by atoms with Crippen LogP contribution >= 0.6 is 12.6 Å². The summed E-state index contributed by atoms with van der Waals surface area (Å²) < 4.78 is 4.72. The monoisotopic (exact) mass is 172 g/mol. The molecule has 62 valence electrons. The largest absolute Gasteiger partial charge is 0.461 e. The van der Waals surface area contributed by atoms with Crippen LogP contribution in [-0.4, -0.2) is 17.8 Å². The molecule has 2 nitrogen and oxygen atoms in total. The summed E-state index contributed by atoms with van der Waals surface area (Å²) in [4.78, 5) is 10.9. The third-order valence-corrected chi connectivity index (χ3v) is 1.43. The molecule has 0 heterocycles. The normalized spacial score (nSPS) is 11.7. The predicted octanol–water partition coefficient (Wildman–Crippen LogP) is 1.59. The molecule has 0 aromatic rings. The Morgan fingerprint density at radius 1 is 1.55 bits per heavy atom. The number of ether oxygens (including phenoxy) is 1. The molecule has 3 heteroatoms. The highest BCUT2D eigenvalue weighted by molar-refractivity contribution is 7.81. The smallest absolute Gasteiger partial charge is 0.319 e. The zero-order valence-corrected chi connectivity index (χ0v) is 7.22. The average Bonchev–Trinajstić information content (AvgIpc) is 2.00. The summed E-state index contributed by atoms with van der Waals surface area (Å²) in [6.45, 7) is 7.15. The standard InChI is InChI=1S/C8H12O2S/c1-3-5-7(11)8(9)10-6-4-2/h3-4,7,11H,1-2,5-6H2. The Hall–Kier alpha value is -0.700. The van der Waals surface area contributed by atoms with E-state index in [1.807, 2.05) is 0 Å². The molecule has 11 heavy (non-hydrogen) atoms. The highest BCUT2D eigenvalue weighted by atomic mass is 32.1. The van der Waals surface area contributed by atoms with E-state index < -0.39 is 5.25 Å². The molecule has 0 aliphatic rings. The predicted molar refractivity (Wildman–Crippen MR) is 48.7 cm³/mol. The van der Waals surface area contributed by atoms with E-state index in [-0.39, 0.29) is 12.6 Å². The van der Waals surface area contributed by atoms with Crippen molar-refractivity contribution in [1.82, 2.24) is 0 Å². The maximum Gasteiger partial charge on any atom is 0.319 e. The molecule has 0 bridgehead atoms. The fourth-order valence-corrected chi connectivity index (χ4v) is 0.715. The molecule has 0 amide bonds. The van der Waals surface area contributed by atoms with Crippen LogP contribution in [0.1, 0.15) is 6.42 Å². The van der Waals surface area contributed by atoms with E-state index in [4.69, 9.17) is 4.74 Å². The van der Waals surface area contributed by atoms with Crippen LogP contribution in [-0.2, 0) is 9.53 Å². The molecular weight excluding hydrogens is 160 g/mol. The molecule has 0 fully saturated rings. The Kier molecular flexibility index (Phi) is 5.65. The second-order valence-corrected chi connectivity index (χ2v) is 2.58. The molecule has 0 aromatic carbocycles. The van der Waals surface area contributed by atoms with Gasteiger partial charge >= 0.3 is 5.97 Å². The molecule has 0 aliphatic heterocycles. The van der Waals surface area contributed by atoms with Crippen LogP contribution in [0.25, 0.3) is 0 Å². The average molecular weight is 172 g/mol. The van der Waals surface area contributed by atoms with Crippen LogP contribution in [0, 0.1) is 0 Å². The topological polar surface area (TPSA) is 26.3 Å². The molecule has 0 aromatic heterocycles. The van der Waals surface area contributed by atoms with Crippen molar-refractivity contribution >= 4 is 18.6 Å². The van der Waals surface area contributed by atoms with Crippen LogP contribution in [0.5, 0.6) is 0 Å². The third-order valence-electron chi connectivity index (χ3n) is 1.01.